The number of nitrogens with zero attached hydrogens (tertiary/aromatic N) is 1. The van der Waals surface area contributed by atoms with Gasteiger partial charge >= 0.3 is 11.9 Å². The van der Waals surface area contributed by atoms with Crippen LogP contribution in [-0.4, -0.2) is 41.7 Å². The average molecular weight is 490 g/mol. The van der Waals surface area contributed by atoms with Gasteiger partial charge in [-0.15, -0.1) is 0 Å². The van der Waals surface area contributed by atoms with E-state index in [1.165, 1.54) is 36.4 Å². The summed E-state index contributed by atoms with van der Waals surface area (Å²) in [6, 6.07) is 17.3. The van der Waals surface area contributed by atoms with E-state index < -0.39 is 29.7 Å². The summed E-state index contributed by atoms with van der Waals surface area (Å²) in [5.74, 6) is -3.90. The molecule has 0 heterocycles. The number of aliphatic imine (C=N–C) groups is 1. The molecule has 0 spiro atoms. The molecule has 10 heteroatoms. The van der Waals surface area contributed by atoms with Gasteiger partial charge < -0.3 is 20.5 Å². The summed E-state index contributed by atoms with van der Waals surface area (Å²) in [5, 5.41) is 21.9. The number of guanidine groups is 1. The highest BCUT2D eigenvalue weighted by atomic mass is 19.1. The zero-order valence-electron chi connectivity index (χ0n) is 19.0. The van der Waals surface area contributed by atoms with E-state index in [2.05, 4.69) is 22.3 Å². The lowest BCUT2D eigenvalue weighted by Crippen LogP contribution is -2.43. The minimum atomic E-state index is -1.18. The Bertz CT molecular complexity index is 1280. The zero-order valence-corrected chi connectivity index (χ0v) is 19.0. The molecule has 0 saturated heterocycles. The Hall–Kier alpha value is -4.86. The third kappa shape index (κ3) is 7.32. The van der Waals surface area contributed by atoms with Crippen LogP contribution in [0.2, 0.25) is 0 Å². The maximum absolute atomic E-state index is 14.5. The number of hydrogen-bond acceptors (Lipinski definition) is 5. The number of carbonyl (C=O) groups excluding carboxylic acids is 2. The molecule has 3 rings (SSSR count). The van der Waals surface area contributed by atoms with Crippen molar-refractivity contribution < 1.29 is 28.6 Å². The fraction of sp³-hybridized carbons (Fsp3) is 0.115. The summed E-state index contributed by atoms with van der Waals surface area (Å²) >= 11 is 0. The molecule has 9 nitrogen and oxygen atoms in total. The van der Waals surface area contributed by atoms with Gasteiger partial charge in [0.15, 0.2) is 11.6 Å². The Balaban J connectivity index is 1.59. The number of benzene rings is 3. The maximum atomic E-state index is 14.5. The number of aliphatic carboxylic acids is 1. The number of esters is 1. The number of nitrogens with one attached hydrogen (secondary N) is 3. The number of amides is 1. The molecule has 0 bridgehead atoms. The molecular formula is C26H23FN4O5. The van der Waals surface area contributed by atoms with Gasteiger partial charge in [-0.3, -0.25) is 10.2 Å². The largest absolute Gasteiger partial charge is 0.480 e. The molecule has 0 aliphatic rings. The van der Waals surface area contributed by atoms with E-state index in [4.69, 9.17) is 10.1 Å². The number of hydrogen-bond donors (Lipinski definition) is 4. The van der Waals surface area contributed by atoms with Gasteiger partial charge in [-0.25, -0.2) is 19.0 Å². The van der Waals surface area contributed by atoms with E-state index in [0.29, 0.717) is 5.69 Å². The number of rotatable bonds is 9. The molecule has 3 aromatic rings. The lowest BCUT2D eigenvalue weighted by Gasteiger charge is -2.15. The number of carboxylic acid groups (broad SMARTS) is 1. The first kappa shape index (κ1) is 25.8. The molecular weight excluding hydrogens is 467 g/mol. The third-order valence-corrected chi connectivity index (χ3v) is 5.02. The highest BCUT2D eigenvalue weighted by molar-refractivity contribution is 5.95. The van der Waals surface area contributed by atoms with Gasteiger partial charge in [0.05, 0.1) is 12.0 Å². The molecule has 0 fully saturated rings. The van der Waals surface area contributed by atoms with Crippen molar-refractivity contribution in [2.45, 2.75) is 18.9 Å². The number of ether oxygens (including phenoxy) is 1. The van der Waals surface area contributed by atoms with Crippen molar-refractivity contribution in [2.75, 3.05) is 5.32 Å². The fourth-order valence-corrected chi connectivity index (χ4v) is 3.24. The molecule has 1 amide bonds. The zero-order chi connectivity index (χ0) is 26.1. The summed E-state index contributed by atoms with van der Waals surface area (Å²) in [6.07, 6.45) is -0.150. The molecule has 0 unspecified atom stereocenters. The van der Waals surface area contributed by atoms with Crippen LogP contribution >= 0.6 is 0 Å². The maximum Gasteiger partial charge on any atom is 0.343 e. The van der Waals surface area contributed by atoms with E-state index in [9.17, 15) is 23.9 Å². The highest BCUT2D eigenvalue weighted by Crippen LogP contribution is 2.21. The van der Waals surface area contributed by atoms with E-state index in [0.717, 1.165) is 11.6 Å². The molecule has 4 N–H and O–H groups in total. The first-order chi connectivity index (χ1) is 17.2. The van der Waals surface area contributed by atoms with Gasteiger partial charge in [0.2, 0.25) is 11.9 Å². The summed E-state index contributed by atoms with van der Waals surface area (Å²) < 4.78 is 19.7. The highest BCUT2D eigenvalue weighted by Gasteiger charge is 2.21. The third-order valence-electron chi connectivity index (χ3n) is 5.02. The van der Waals surface area contributed by atoms with Crippen molar-refractivity contribution in [3.63, 3.8) is 0 Å². The Kier molecular flexibility index (Phi) is 8.60. The molecule has 0 aliphatic carbocycles. The molecule has 36 heavy (non-hydrogen) atoms. The minimum absolute atomic E-state index is 0.107. The van der Waals surface area contributed by atoms with Gasteiger partial charge in [-0.05, 0) is 54.2 Å². The minimum Gasteiger partial charge on any atom is -0.480 e. The van der Waals surface area contributed by atoms with Crippen LogP contribution < -0.4 is 15.4 Å². The predicted octanol–water partition coefficient (Wildman–Crippen LogP) is 3.45. The fourth-order valence-electron chi connectivity index (χ4n) is 3.24. The molecule has 184 valence electrons. The van der Waals surface area contributed by atoms with Crippen molar-refractivity contribution >= 4 is 36.2 Å². The van der Waals surface area contributed by atoms with E-state index >= 15 is 0 Å². The van der Waals surface area contributed by atoms with Gasteiger partial charge in [-0.1, -0.05) is 36.4 Å². The SMILES string of the molecule is C=NC(=N)Nc1ccc(C(=O)Oc2ccc(CC(=O)N[C@@H](Cc3ccccc3)C(=O)O)cc2F)cc1. The van der Waals surface area contributed by atoms with Crippen LogP contribution in [0.1, 0.15) is 21.5 Å². The van der Waals surface area contributed by atoms with Gasteiger partial charge in [0.25, 0.3) is 0 Å². The van der Waals surface area contributed by atoms with Crippen molar-refractivity contribution in [3.8, 4) is 5.75 Å². The average Bonchev–Trinajstić information content (AvgIpc) is 2.86. The standard InChI is InChI=1S/C26H23FN4O5/c1-29-26(28)30-19-10-8-18(9-11-19)25(35)36-22-12-7-17(13-20(22)27)15-23(32)31-21(24(33)34)14-16-5-3-2-4-6-16/h2-13,21H,1,14-15H2,(H2,28,30)(H,31,32)(H,33,34)/t21-/m0/s1. The van der Waals surface area contributed by atoms with E-state index in [1.54, 1.807) is 30.3 Å². The second-order valence-electron chi connectivity index (χ2n) is 7.69. The predicted molar refractivity (Wildman–Crippen MR) is 132 cm³/mol. The van der Waals surface area contributed by atoms with Gasteiger partial charge in [-0.2, -0.15) is 0 Å². The topological polar surface area (TPSA) is 141 Å². The Morgan fingerprint density at radius 3 is 2.33 bits per heavy atom. The molecule has 0 radical (unpaired) electrons. The Morgan fingerprint density at radius 2 is 1.72 bits per heavy atom. The number of halogens is 1. The van der Waals surface area contributed by atoms with Gasteiger partial charge in [0, 0.05) is 12.1 Å². The van der Waals surface area contributed by atoms with Crippen molar-refractivity contribution in [2.24, 2.45) is 4.99 Å². The second kappa shape index (κ2) is 12.0. The second-order valence-corrected chi connectivity index (χ2v) is 7.69. The molecule has 0 saturated carbocycles. The quantitative estimate of drug-likeness (QED) is 0.157. The first-order valence-corrected chi connectivity index (χ1v) is 10.7. The molecule has 0 aromatic heterocycles. The monoisotopic (exact) mass is 490 g/mol. The van der Waals surface area contributed by atoms with Crippen LogP contribution in [0.3, 0.4) is 0 Å². The van der Waals surface area contributed by atoms with Crippen molar-refractivity contribution in [1.29, 1.82) is 5.41 Å². The lowest BCUT2D eigenvalue weighted by molar-refractivity contribution is -0.141. The van der Waals surface area contributed by atoms with Crippen LogP contribution in [0.5, 0.6) is 5.75 Å². The van der Waals surface area contributed by atoms with Crippen LogP contribution in [0.4, 0.5) is 10.1 Å². The summed E-state index contributed by atoms with van der Waals surface area (Å²) in [6.45, 7) is 3.22. The molecule has 1 atom stereocenters. The number of carboxylic acids is 1. The smallest absolute Gasteiger partial charge is 0.343 e. The summed E-state index contributed by atoms with van der Waals surface area (Å²) in [4.78, 5) is 39.7. The lowest BCUT2D eigenvalue weighted by atomic mass is 10.1. The summed E-state index contributed by atoms with van der Waals surface area (Å²) in [7, 11) is 0. The van der Waals surface area contributed by atoms with Crippen molar-refractivity contribution in [3.05, 3.63) is 95.3 Å². The van der Waals surface area contributed by atoms with Crippen LogP contribution in [0, 0.1) is 11.2 Å². The Labute approximate surface area is 206 Å². The van der Waals surface area contributed by atoms with Crippen LogP contribution in [0.25, 0.3) is 0 Å². The number of anilines is 1. The molecule has 3 aromatic carbocycles. The summed E-state index contributed by atoms with van der Waals surface area (Å²) in [5.41, 5.74) is 1.69. The van der Waals surface area contributed by atoms with Crippen molar-refractivity contribution in [1.82, 2.24) is 5.32 Å². The number of carbonyl (C=O) groups is 3. The first-order valence-electron chi connectivity index (χ1n) is 10.7. The Morgan fingerprint density at radius 1 is 1.03 bits per heavy atom. The van der Waals surface area contributed by atoms with Gasteiger partial charge in [0.1, 0.15) is 6.04 Å². The van der Waals surface area contributed by atoms with Crippen LogP contribution in [0.15, 0.2) is 77.8 Å². The van der Waals surface area contributed by atoms with Crippen LogP contribution in [-0.2, 0) is 22.4 Å². The normalized spacial score (nSPS) is 11.1. The molecule has 0 aliphatic heterocycles. The van der Waals surface area contributed by atoms with E-state index in [1.807, 2.05) is 0 Å². The van der Waals surface area contributed by atoms with E-state index in [-0.39, 0.29) is 35.7 Å².